The average Bonchev–Trinajstić information content (AvgIpc) is 2.72. The molecule has 31 heavy (non-hydrogen) atoms. The van der Waals surface area contributed by atoms with Gasteiger partial charge in [0.2, 0.25) is 11.8 Å². The number of hydrogen-bond acceptors (Lipinski definition) is 6. The van der Waals surface area contributed by atoms with Gasteiger partial charge in [-0.3, -0.25) is 14.4 Å². The van der Waals surface area contributed by atoms with Gasteiger partial charge >= 0.3 is 5.63 Å². The summed E-state index contributed by atoms with van der Waals surface area (Å²) in [5, 5.41) is 5.73. The van der Waals surface area contributed by atoms with E-state index < -0.39 is 23.5 Å². The van der Waals surface area contributed by atoms with Crippen molar-refractivity contribution < 1.29 is 23.5 Å². The number of amides is 3. The zero-order chi connectivity index (χ0) is 22.5. The van der Waals surface area contributed by atoms with Gasteiger partial charge in [0.25, 0.3) is 5.91 Å². The van der Waals surface area contributed by atoms with Crippen molar-refractivity contribution >= 4 is 34.4 Å². The molecule has 0 fully saturated rings. The van der Waals surface area contributed by atoms with Gasteiger partial charge in [-0.1, -0.05) is 12.1 Å². The van der Waals surface area contributed by atoms with Crippen LogP contribution in [0.1, 0.15) is 22.8 Å². The summed E-state index contributed by atoms with van der Waals surface area (Å²) in [5.41, 5.74) is 6.14. The first-order chi connectivity index (χ1) is 14.8. The summed E-state index contributed by atoms with van der Waals surface area (Å²) in [5.74, 6) is -1.21. The van der Waals surface area contributed by atoms with Gasteiger partial charge in [0.05, 0.1) is 18.4 Å². The SMILES string of the molecule is COc1ccc2c(C[C@H](NC(=O)c3ccccc3NC(C)=O)C(N)=O)cc(=O)oc2c1. The number of nitrogens with two attached hydrogens (primary N) is 1. The lowest BCUT2D eigenvalue weighted by atomic mass is 10.0. The zero-order valence-corrected chi connectivity index (χ0v) is 16.9. The summed E-state index contributed by atoms with van der Waals surface area (Å²) in [7, 11) is 1.49. The maximum absolute atomic E-state index is 12.8. The number of nitrogens with one attached hydrogen (secondary N) is 2. The number of methoxy groups -OCH3 is 1. The molecule has 160 valence electrons. The molecule has 3 rings (SSSR count). The Labute approximate surface area is 177 Å². The van der Waals surface area contributed by atoms with E-state index >= 15 is 0 Å². The van der Waals surface area contributed by atoms with E-state index in [0.717, 1.165) is 0 Å². The number of para-hydroxylation sites is 1. The molecule has 4 N–H and O–H groups in total. The predicted molar refractivity (Wildman–Crippen MR) is 114 cm³/mol. The molecule has 1 heterocycles. The monoisotopic (exact) mass is 423 g/mol. The van der Waals surface area contributed by atoms with Crippen molar-refractivity contribution in [3.05, 3.63) is 70.1 Å². The van der Waals surface area contributed by atoms with E-state index in [4.69, 9.17) is 14.9 Å². The molecule has 0 bridgehead atoms. The molecule has 0 aliphatic heterocycles. The number of carbonyl (C=O) groups excluding carboxylic acids is 3. The number of primary amides is 1. The van der Waals surface area contributed by atoms with Crippen LogP contribution in [0.15, 0.2) is 57.7 Å². The van der Waals surface area contributed by atoms with Crippen LogP contribution in [-0.2, 0) is 16.0 Å². The summed E-state index contributed by atoms with van der Waals surface area (Å²) >= 11 is 0. The topological polar surface area (TPSA) is 141 Å². The van der Waals surface area contributed by atoms with Crippen molar-refractivity contribution in [3.63, 3.8) is 0 Å². The Morgan fingerprint density at radius 3 is 2.55 bits per heavy atom. The van der Waals surface area contributed by atoms with Gasteiger partial charge in [-0.2, -0.15) is 0 Å². The molecule has 3 aromatic rings. The average molecular weight is 423 g/mol. The van der Waals surface area contributed by atoms with E-state index in [1.165, 1.54) is 26.2 Å². The summed E-state index contributed by atoms with van der Waals surface area (Å²) in [6.07, 6.45) is -0.0300. The van der Waals surface area contributed by atoms with Crippen LogP contribution in [0.25, 0.3) is 11.0 Å². The molecule has 0 saturated carbocycles. The van der Waals surface area contributed by atoms with Crippen molar-refractivity contribution in [2.24, 2.45) is 5.73 Å². The standard InChI is InChI=1S/C22H21N3O6/c1-12(26)24-17-6-4-3-5-16(17)22(29)25-18(21(23)28)9-13-10-20(27)31-19-11-14(30-2)7-8-15(13)19/h3-8,10-11,18H,9H2,1-2H3,(H2,23,28)(H,24,26)(H,25,29)/t18-/m0/s1. The Bertz CT molecular complexity index is 1220. The van der Waals surface area contributed by atoms with E-state index in [9.17, 15) is 19.2 Å². The highest BCUT2D eigenvalue weighted by Gasteiger charge is 2.23. The van der Waals surface area contributed by atoms with E-state index in [-0.39, 0.29) is 23.5 Å². The second-order valence-corrected chi connectivity index (χ2v) is 6.81. The Hall–Kier alpha value is -4.14. The van der Waals surface area contributed by atoms with Crippen LogP contribution in [0, 0.1) is 0 Å². The Balaban J connectivity index is 1.91. The fraction of sp³-hybridized carbons (Fsp3) is 0.182. The Kier molecular flexibility index (Phi) is 6.35. The Morgan fingerprint density at radius 1 is 1.13 bits per heavy atom. The highest BCUT2D eigenvalue weighted by atomic mass is 16.5. The molecular weight excluding hydrogens is 402 g/mol. The van der Waals surface area contributed by atoms with Gasteiger partial charge in [-0.05, 0) is 29.8 Å². The van der Waals surface area contributed by atoms with E-state index in [1.807, 2.05) is 0 Å². The van der Waals surface area contributed by atoms with Gasteiger partial charge in [-0.25, -0.2) is 4.79 Å². The third kappa shape index (κ3) is 5.08. The molecule has 0 spiro atoms. The molecular formula is C22H21N3O6. The summed E-state index contributed by atoms with van der Waals surface area (Å²) in [4.78, 5) is 48.3. The third-order valence-electron chi connectivity index (χ3n) is 4.59. The van der Waals surface area contributed by atoms with Crippen LogP contribution in [0.2, 0.25) is 0 Å². The highest BCUT2D eigenvalue weighted by Crippen LogP contribution is 2.23. The van der Waals surface area contributed by atoms with Crippen molar-refractivity contribution in [3.8, 4) is 5.75 Å². The van der Waals surface area contributed by atoms with Gasteiger partial charge in [0.15, 0.2) is 0 Å². The lowest BCUT2D eigenvalue weighted by Gasteiger charge is -2.18. The molecule has 1 aromatic heterocycles. The first-order valence-electron chi connectivity index (χ1n) is 9.36. The Morgan fingerprint density at radius 2 is 1.87 bits per heavy atom. The molecule has 9 nitrogen and oxygen atoms in total. The van der Waals surface area contributed by atoms with Crippen LogP contribution in [-0.4, -0.2) is 30.9 Å². The number of ether oxygens (including phenoxy) is 1. The smallest absolute Gasteiger partial charge is 0.336 e. The normalized spacial score (nSPS) is 11.5. The van der Waals surface area contributed by atoms with E-state index in [0.29, 0.717) is 22.4 Å². The van der Waals surface area contributed by atoms with Crippen molar-refractivity contribution in [1.29, 1.82) is 0 Å². The minimum atomic E-state index is -1.11. The van der Waals surface area contributed by atoms with E-state index in [2.05, 4.69) is 10.6 Å². The number of fused-ring (bicyclic) bond motifs is 1. The highest BCUT2D eigenvalue weighted by molar-refractivity contribution is 6.04. The first-order valence-corrected chi connectivity index (χ1v) is 9.36. The maximum Gasteiger partial charge on any atom is 0.336 e. The first kappa shape index (κ1) is 21.6. The van der Waals surface area contributed by atoms with Gasteiger partial charge < -0.3 is 25.5 Å². The molecule has 0 unspecified atom stereocenters. The number of anilines is 1. The number of carbonyl (C=O) groups is 3. The second kappa shape index (κ2) is 9.12. The lowest BCUT2D eigenvalue weighted by molar-refractivity contribution is -0.119. The minimum Gasteiger partial charge on any atom is -0.497 e. The van der Waals surface area contributed by atoms with Crippen molar-refractivity contribution in [1.82, 2.24) is 5.32 Å². The van der Waals surface area contributed by atoms with Crippen LogP contribution in [0.3, 0.4) is 0 Å². The number of benzene rings is 2. The number of rotatable bonds is 7. The molecule has 0 aliphatic rings. The zero-order valence-electron chi connectivity index (χ0n) is 16.9. The summed E-state index contributed by atoms with van der Waals surface area (Å²) < 4.78 is 10.3. The fourth-order valence-corrected chi connectivity index (χ4v) is 3.16. The van der Waals surface area contributed by atoms with Gasteiger partial charge in [0, 0.05) is 30.9 Å². The molecule has 0 aliphatic carbocycles. The predicted octanol–water partition coefficient (Wildman–Crippen LogP) is 1.59. The molecule has 2 aromatic carbocycles. The molecule has 3 amide bonds. The van der Waals surface area contributed by atoms with Crippen LogP contribution in [0.5, 0.6) is 5.75 Å². The fourth-order valence-electron chi connectivity index (χ4n) is 3.16. The van der Waals surface area contributed by atoms with E-state index in [1.54, 1.807) is 36.4 Å². The van der Waals surface area contributed by atoms with Gasteiger partial charge in [-0.15, -0.1) is 0 Å². The van der Waals surface area contributed by atoms with Crippen LogP contribution >= 0.6 is 0 Å². The molecule has 9 heteroatoms. The molecule has 0 saturated heterocycles. The van der Waals surface area contributed by atoms with Crippen LogP contribution in [0.4, 0.5) is 5.69 Å². The quantitative estimate of drug-likeness (QED) is 0.493. The third-order valence-corrected chi connectivity index (χ3v) is 4.59. The maximum atomic E-state index is 12.8. The second-order valence-electron chi connectivity index (χ2n) is 6.81. The van der Waals surface area contributed by atoms with Crippen LogP contribution < -0.4 is 26.7 Å². The largest absolute Gasteiger partial charge is 0.497 e. The molecule has 0 radical (unpaired) electrons. The lowest BCUT2D eigenvalue weighted by Crippen LogP contribution is -2.46. The molecule has 1 atom stereocenters. The van der Waals surface area contributed by atoms with Crippen molar-refractivity contribution in [2.75, 3.05) is 12.4 Å². The number of hydrogen-bond donors (Lipinski definition) is 3. The van der Waals surface area contributed by atoms with Crippen molar-refractivity contribution in [2.45, 2.75) is 19.4 Å². The summed E-state index contributed by atoms with van der Waals surface area (Å²) in [6.45, 7) is 1.32. The summed E-state index contributed by atoms with van der Waals surface area (Å²) in [6, 6.07) is 11.5. The minimum absolute atomic E-state index is 0.0300. The van der Waals surface area contributed by atoms with Gasteiger partial charge in [0.1, 0.15) is 17.4 Å².